The van der Waals surface area contributed by atoms with Gasteiger partial charge in [-0.15, -0.1) is 11.3 Å². The van der Waals surface area contributed by atoms with Crippen LogP contribution in [0.3, 0.4) is 0 Å². The number of carbonyl (C=O) groups excluding carboxylic acids is 1. The maximum Gasteiger partial charge on any atom is 0.257 e. The summed E-state index contributed by atoms with van der Waals surface area (Å²) in [4.78, 5) is 17.5. The van der Waals surface area contributed by atoms with E-state index in [-0.39, 0.29) is 5.91 Å². The minimum atomic E-state index is -0.233. The van der Waals surface area contributed by atoms with Gasteiger partial charge < -0.3 is 9.15 Å². The van der Waals surface area contributed by atoms with Crippen LogP contribution in [-0.2, 0) is 0 Å². The molecule has 0 radical (unpaired) electrons. The van der Waals surface area contributed by atoms with E-state index in [0.717, 1.165) is 10.3 Å². The van der Waals surface area contributed by atoms with Gasteiger partial charge in [-0.1, -0.05) is 0 Å². The van der Waals surface area contributed by atoms with Crippen LogP contribution in [0, 0.1) is 6.92 Å². The molecule has 3 rings (SSSR count). The molecular weight excluding hydrogens is 288 g/mol. The van der Waals surface area contributed by atoms with Crippen molar-refractivity contribution >= 4 is 33.3 Å². The van der Waals surface area contributed by atoms with Gasteiger partial charge in [-0.25, -0.2) is 4.98 Å². The largest absolute Gasteiger partial charge is 0.493 e. The van der Waals surface area contributed by atoms with E-state index in [0.29, 0.717) is 28.6 Å². The van der Waals surface area contributed by atoms with E-state index in [1.165, 1.54) is 11.3 Å². The van der Waals surface area contributed by atoms with Gasteiger partial charge >= 0.3 is 0 Å². The smallest absolute Gasteiger partial charge is 0.257 e. The fourth-order valence-corrected chi connectivity index (χ4v) is 2.69. The van der Waals surface area contributed by atoms with Crippen molar-refractivity contribution in [3.63, 3.8) is 0 Å². The highest BCUT2D eigenvalue weighted by Crippen LogP contribution is 2.29. The van der Waals surface area contributed by atoms with Gasteiger partial charge in [0.2, 0.25) is 0 Å². The van der Waals surface area contributed by atoms with Crippen LogP contribution < -0.4 is 10.1 Å². The summed E-state index contributed by atoms with van der Waals surface area (Å²) < 4.78 is 10.9. The summed E-state index contributed by atoms with van der Waals surface area (Å²) in [6.45, 7) is 4.36. The van der Waals surface area contributed by atoms with E-state index in [1.54, 1.807) is 24.6 Å². The lowest BCUT2D eigenvalue weighted by molar-refractivity contribution is 0.102. The van der Waals surface area contributed by atoms with Crippen LogP contribution >= 0.6 is 11.3 Å². The zero-order chi connectivity index (χ0) is 14.8. The molecule has 6 heteroatoms. The van der Waals surface area contributed by atoms with Crippen LogP contribution in [0.25, 0.3) is 11.0 Å². The first-order valence-corrected chi connectivity index (χ1v) is 7.37. The molecule has 21 heavy (non-hydrogen) atoms. The van der Waals surface area contributed by atoms with Crippen molar-refractivity contribution < 1.29 is 13.9 Å². The Hall–Kier alpha value is -2.34. The van der Waals surface area contributed by atoms with Crippen LogP contribution in [0.1, 0.15) is 22.2 Å². The molecule has 1 amide bonds. The molecule has 1 N–H and O–H groups in total. The average molecular weight is 302 g/mol. The third-order valence-corrected chi connectivity index (χ3v) is 3.77. The number of carbonyl (C=O) groups is 1. The molecule has 0 saturated carbocycles. The zero-order valence-electron chi connectivity index (χ0n) is 11.7. The summed E-state index contributed by atoms with van der Waals surface area (Å²) in [5, 5.41) is 4.21. The monoisotopic (exact) mass is 302 g/mol. The minimum Gasteiger partial charge on any atom is -0.493 e. The van der Waals surface area contributed by atoms with E-state index in [4.69, 9.17) is 9.15 Å². The highest BCUT2D eigenvalue weighted by Gasteiger charge is 2.14. The Bertz CT molecular complexity index is 791. The zero-order valence-corrected chi connectivity index (χ0v) is 12.5. The fourth-order valence-electron chi connectivity index (χ4n) is 2.03. The van der Waals surface area contributed by atoms with Gasteiger partial charge in [0.1, 0.15) is 11.3 Å². The number of anilines is 1. The number of ether oxygens (including phenoxy) is 1. The third-order valence-electron chi connectivity index (χ3n) is 2.94. The molecule has 0 spiro atoms. The number of hydrogen-bond acceptors (Lipinski definition) is 5. The summed E-state index contributed by atoms with van der Waals surface area (Å²) in [5.41, 5.74) is 1.11. The van der Waals surface area contributed by atoms with Crippen LogP contribution in [0.2, 0.25) is 0 Å². The summed E-state index contributed by atoms with van der Waals surface area (Å²) >= 11 is 1.43. The number of aryl methyl sites for hydroxylation is 1. The van der Waals surface area contributed by atoms with Gasteiger partial charge in [-0.05, 0) is 32.0 Å². The molecule has 0 aliphatic rings. The fraction of sp³-hybridized carbons (Fsp3) is 0.200. The highest BCUT2D eigenvalue weighted by molar-refractivity contribution is 7.15. The molecule has 0 fully saturated rings. The highest BCUT2D eigenvalue weighted by atomic mass is 32.1. The Morgan fingerprint density at radius 3 is 3.05 bits per heavy atom. The molecule has 2 heterocycles. The van der Waals surface area contributed by atoms with Crippen LogP contribution in [0.4, 0.5) is 5.13 Å². The average Bonchev–Trinajstić information content (AvgIpc) is 3.08. The van der Waals surface area contributed by atoms with Gasteiger partial charge in [0, 0.05) is 16.6 Å². The molecule has 108 valence electrons. The molecule has 2 aromatic heterocycles. The van der Waals surface area contributed by atoms with Gasteiger partial charge in [0.15, 0.2) is 5.13 Å². The summed E-state index contributed by atoms with van der Waals surface area (Å²) in [5.74, 6) is 0.410. The molecular formula is C15H14N2O3S. The third kappa shape index (κ3) is 2.75. The van der Waals surface area contributed by atoms with Gasteiger partial charge in [0.05, 0.1) is 18.3 Å². The first-order chi connectivity index (χ1) is 10.2. The van der Waals surface area contributed by atoms with Crippen molar-refractivity contribution in [2.24, 2.45) is 0 Å². The topological polar surface area (TPSA) is 64.4 Å². The van der Waals surface area contributed by atoms with Crippen molar-refractivity contribution in [1.29, 1.82) is 0 Å². The number of furan rings is 1. The van der Waals surface area contributed by atoms with Gasteiger partial charge in [0.25, 0.3) is 5.91 Å². The van der Waals surface area contributed by atoms with E-state index in [9.17, 15) is 4.79 Å². The number of nitrogens with zero attached hydrogens (tertiary/aromatic N) is 1. The van der Waals surface area contributed by atoms with Gasteiger partial charge in [-0.3, -0.25) is 10.1 Å². The summed E-state index contributed by atoms with van der Waals surface area (Å²) in [7, 11) is 0. The second-order valence-electron chi connectivity index (χ2n) is 4.47. The molecule has 0 saturated heterocycles. The number of amides is 1. The Labute approximate surface area is 125 Å². The van der Waals surface area contributed by atoms with Crippen LogP contribution in [0.5, 0.6) is 5.75 Å². The van der Waals surface area contributed by atoms with E-state index >= 15 is 0 Å². The van der Waals surface area contributed by atoms with Crippen molar-refractivity contribution in [3.05, 3.63) is 41.1 Å². The van der Waals surface area contributed by atoms with Crippen LogP contribution in [-0.4, -0.2) is 17.5 Å². The number of benzene rings is 1. The Kier molecular flexibility index (Phi) is 3.62. The lowest BCUT2D eigenvalue weighted by Crippen LogP contribution is -2.11. The lowest BCUT2D eigenvalue weighted by Gasteiger charge is -2.07. The number of nitrogens with one attached hydrogen (secondary N) is 1. The van der Waals surface area contributed by atoms with Crippen molar-refractivity contribution in [3.8, 4) is 5.75 Å². The summed E-state index contributed by atoms with van der Waals surface area (Å²) in [6, 6.07) is 5.25. The molecule has 0 unspecified atom stereocenters. The predicted molar refractivity (Wildman–Crippen MR) is 82.2 cm³/mol. The van der Waals surface area contributed by atoms with E-state index in [1.807, 2.05) is 19.9 Å². The molecule has 5 nitrogen and oxygen atoms in total. The van der Waals surface area contributed by atoms with Crippen molar-refractivity contribution in [1.82, 2.24) is 4.98 Å². The van der Waals surface area contributed by atoms with Crippen LogP contribution in [0.15, 0.2) is 35.1 Å². The Morgan fingerprint density at radius 2 is 2.33 bits per heavy atom. The molecule has 0 aliphatic carbocycles. The molecule has 1 aromatic carbocycles. The number of hydrogen-bond donors (Lipinski definition) is 1. The molecule has 0 aliphatic heterocycles. The quantitative estimate of drug-likeness (QED) is 0.795. The molecule has 0 bridgehead atoms. The predicted octanol–water partition coefficient (Wildman–Crippen LogP) is 3.85. The molecule has 3 aromatic rings. The number of aromatic nitrogens is 1. The van der Waals surface area contributed by atoms with Crippen molar-refractivity contribution in [2.45, 2.75) is 13.8 Å². The number of fused-ring (bicyclic) bond motifs is 1. The normalized spacial score (nSPS) is 10.8. The maximum absolute atomic E-state index is 12.3. The first-order valence-electron chi connectivity index (χ1n) is 6.55. The second kappa shape index (κ2) is 5.57. The maximum atomic E-state index is 12.3. The minimum absolute atomic E-state index is 0.233. The second-order valence-corrected chi connectivity index (χ2v) is 5.70. The first kappa shape index (κ1) is 13.6. The Balaban J connectivity index is 1.93. The summed E-state index contributed by atoms with van der Waals surface area (Å²) in [6.07, 6.45) is 3.31. The van der Waals surface area contributed by atoms with E-state index in [2.05, 4.69) is 10.3 Å². The number of thiazole rings is 1. The standard InChI is InChI=1S/C15H14N2O3S/c1-3-19-12-6-10(7-13-11(12)4-5-20-13)14(18)17-15-16-8-9(2)21-15/h4-8H,3H2,1-2H3,(H,16,17,18). The lowest BCUT2D eigenvalue weighted by atomic mass is 10.1. The van der Waals surface area contributed by atoms with Crippen molar-refractivity contribution in [2.75, 3.05) is 11.9 Å². The molecule has 0 atom stereocenters. The van der Waals surface area contributed by atoms with E-state index < -0.39 is 0 Å². The van der Waals surface area contributed by atoms with Gasteiger partial charge in [-0.2, -0.15) is 0 Å². The number of rotatable bonds is 4. The SMILES string of the molecule is CCOc1cc(C(=O)Nc2ncc(C)s2)cc2occc12. The Morgan fingerprint density at radius 1 is 1.48 bits per heavy atom.